The maximum absolute atomic E-state index is 13.1. The molecule has 0 aliphatic carbocycles. The molecule has 3 aromatic rings. The van der Waals surface area contributed by atoms with Gasteiger partial charge >= 0.3 is 5.97 Å². The van der Waals surface area contributed by atoms with Gasteiger partial charge in [-0.1, -0.05) is 18.2 Å². The number of anilines is 2. The van der Waals surface area contributed by atoms with Crippen molar-refractivity contribution in [2.45, 2.75) is 24.8 Å². The van der Waals surface area contributed by atoms with Crippen molar-refractivity contribution in [2.75, 3.05) is 17.1 Å². The molecule has 0 aliphatic heterocycles. The first-order chi connectivity index (χ1) is 16.1. The van der Waals surface area contributed by atoms with Crippen molar-refractivity contribution in [3.63, 3.8) is 0 Å². The number of sulfonamides is 1. The number of carbonyl (C=O) groups excluding carboxylic acids is 2. The van der Waals surface area contributed by atoms with Crippen molar-refractivity contribution >= 4 is 33.3 Å². The van der Waals surface area contributed by atoms with Crippen LogP contribution >= 0.6 is 0 Å². The van der Waals surface area contributed by atoms with E-state index in [1.54, 1.807) is 31.2 Å². The van der Waals surface area contributed by atoms with Gasteiger partial charge in [-0.25, -0.2) is 17.6 Å². The molecule has 0 bridgehead atoms. The lowest BCUT2D eigenvalue weighted by Crippen LogP contribution is -2.30. The van der Waals surface area contributed by atoms with Gasteiger partial charge in [-0.3, -0.25) is 9.52 Å². The van der Waals surface area contributed by atoms with Gasteiger partial charge in [-0.15, -0.1) is 0 Å². The number of methoxy groups -OCH3 is 1. The molecule has 1 unspecified atom stereocenters. The van der Waals surface area contributed by atoms with Crippen molar-refractivity contribution in [1.29, 1.82) is 0 Å². The van der Waals surface area contributed by atoms with E-state index in [4.69, 9.17) is 9.47 Å². The molecular weight excluding hydrogens is 463 g/mol. The molecule has 0 aliphatic rings. The first-order valence-corrected chi connectivity index (χ1v) is 11.6. The number of nitrogens with one attached hydrogen (secondary N) is 2. The Kier molecular flexibility index (Phi) is 7.52. The molecule has 0 saturated carbocycles. The zero-order valence-corrected chi connectivity index (χ0v) is 19.5. The molecule has 2 N–H and O–H groups in total. The van der Waals surface area contributed by atoms with E-state index >= 15 is 0 Å². The normalized spacial score (nSPS) is 11.9. The first-order valence-electron chi connectivity index (χ1n) is 10.1. The van der Waals surface area contributed by atoms with Gasteiger partial charge in [-0.2, -0.15) is 0 Å². The summed E-state index contributed by atoms with van der Waals surface area (Å²) in [4.78, 5) is 25.0. The number of halogens is 1. The third-order valence-electron chi connectivity index (χ3n) is 4.83. The average Bonchev–Trinajstić information content (AvgIpc) is 2.80. The fourth-order valence-electron chi connectivity index (χ4n) is 3.01. The van der Waals surface area contributed by atoms with E-state index in [-0.39, 0.29) is 16.1 Å². The highest BCUT2D eigenvalue weighted by Gasteiger charge is 2.23. The zero-order valence-electron chi connectivity index (χ0n) is 18.7. The lowest BCUT2D eigenvalue weighted by atomic mass is 10.1. The van der Waals surface area contributed by atoms with Crippen LogP contribution < -0.4 is 14.8 Å². The molecule has 34 heavy (non-hydrogen) atoms. The summed E-state index contributed by atoms with van der Waals surface area (Å²) in [5.74, 6) is -1.53. The molecule has 0 spiro atoms. The Balaban J connectivity index is 1.74. The molecule has 1 amide bonds. The van der Waals surface area contributed by atoms with Gasteiger partial charge in [0.15, 0.2) is 6.10 Å². The molecule has 1 atom stereocenters. The van der Waals surface area contributed by atoms with Gasteiger partial charge in [0.05, 0.1) is 23.3 Å². The van der Waals surface area contributed by atoms with Gasteiger partial charge in [0.2, 0.25) is 0 Å². The smallest absolute Gasteiger partial charge is 0.338 e. The number of rotatable bonds is 8. The summed E-state index contributed by atoms with van der Waals surface area (Å²) in [5, 5.41) is 2.62. The predicted molar refractivity (Wildman–Crippen MR) is 125 cm³/mol. The van der Waals surface area contributed by atoms with Gasteiger partial charge in [-0.05, 0) is 67.9 Å². The lowest BCUT2D eigenvalue weighted by molar-refractivity contribution is -0.123. The summed E-state index contributed by atoms with van der Waals surface area (Å²) >= 11 is 0. The molecule has 0 aromatic heterocycles. The number of carbonyl (C=O) groups is 2. The van der Waals surface area contributed by atoms with Crippen molar-refractivity contribution in [3.05, 3.63) is 83.7 Å². The second-order valence-electron chi connectivity index (χ2n) is 7.33. The van der Waals surface area contributed by atoms with Crippen LogP contribution in [0.2, 0.25) is 0 Å². The number of amides is 1. The van der Waals surface area contributed by atoms with Crippen LogP contribution in [0.1, 0.15) is 22.8 Å². The van der Waals surface area contributed by atoms with Crippen molar-refractivity contribution in [1.82, 2.24) is 0 Å². The number of hydrogen-bond acceptors (Lipinski definition) is 6. The molecular formula is C24H23FN2O6S. The SMILES string of the molecule is COc1ccccc1NC(=O)C(C)OC(=O)c1ccc(C)c(S(=O)(=O)Nc2ccc(F)cc2)c1. The van der Waals surface area contributed by atoms with E-state index < -0.39 is 33.8 Å². The molecule has 10 heteroatoms. The molecule has 0 saturated heterocycles. The third-order valence-corrected chi connectivity index (χ3v) is 6.35. The fraction of sp³-hybridized carbons (Fsp3) is 0.167. The van der Waals surface area contributed by atoms with Crippen LogP contribution in [0.25, 0.3) is 0 Å². The number of aryl methyl sites for hydroxylation is 1. The largest absolute Gasteiger partial charge is 0.495 e. The molecule has 0 heterocycles. The third kappa shape index (κ3) is 5.90. The minimum absolute atomic E-state index is 0.0537. The minimum atomic E-state index is -4.08. The second kappa shape index (κ2) is 10.3. The highest BCUT2D eigenvalue weighted by atomic mass is 32.2. The van der Waals surface area contributed by atoms with E-state index in [9.17, 15) is 22.4 Å². The Morgan fingerprint density at radius 1 is 1.00 bits per heavy atom. The highest BCUT2D eigenvalue weighted by molar-refractivity contribution is 7.92. The van der Waals surface area contributed by atoms with E-state index in [0.717, 1.165) is 18.2 Å². The Hall–Kier alpha value is -3.92. The standard InChI is InChI=1S/C24H23FN2O6S/c1-15-8-9-17(14-22(15)34(30,31)27-19-12-10-18(25)11-13-19)24(29)33-16(2)23(28)26-20-6-4-5-7-21(20)32-3/h4-14,16,27H,1-3H3,(H,26,28). The van der Waals surface area contributed by atoms with Gasteiger partial charge in [0, 0.05) is 5.69 Å². The van der Waals surface area contributed by atoms with Gasteiger partial charge in [0.25, 0.3) is 15.9 Å². The summed E-state index contributed by atoms with van der Waals surface area (Å²) in [6.07, 6.45) is -1.17. The summed E-state index contributed by atoms with van der Waals surface area (Å²) in [6.45, 7) is 2.96. The van der Waals surface area contributed by atoms with Crippen LogP contribution in [0, 0.1) is 12.7 Å². The van der Waals surface area contributed by atoms with Crippen LogP contribution in [0.3, 0.4) is 0 Å². The van der Waals surface area contributed by atoms with Crippen LogP contribution in [0.15, 0.2) is 71.6 Å². The fourth-order valence-corrected chi connectivity index (χ4v) is 4.34. The molecule has 178 valence electrons. The lowest BCUT2D eigenvalue weighted by Gasteiger charge is -2.16. The summed E-state index contributed by atoms with van der Waals surface area (Å²) in [5.41, 5.74) is 0.902. The van der Waals surface area contributed by atoms with E-state index in [2.05, 4.69) is 10.0 Å². The molecule has 3 rings (SSSR count). The van der Waals surface area contributed by atoms with Crippen molar-refractivity contribution in [3.8, 4) is 5.75 Å². The van der Waals surface area contributed by atoms with Crippen LogP contribution in [-0.4, -0.2) is 33.5 Å². The number of hydrogen-bond donors (Lipinski definition) is 2. The monoisotopic (exact) mass is 486 g/mol. The molecule has 0 radical (unpaired) electrons. The van der Waals surface area contributed by atoms with Gasteiger partial charge in [0.1, 0.15) is 11.6 Å². The summed E-state index contributed by atoms with van der Waals surface area (Å²) in [6, 6.07) is 15.6. The quantitative estimate of drug-likeness (QED) is 0.463. The Morgan fingerprint density at radius 2 is 1.68 bits per heavy atom. The average molecular weight is 487 g/mol. The van der Waals surface area contributed by atoms with Crippen molar-refractivity contribution < 1.29 is 31.9 Å². The van der Waals surface area contributed by atoms with E-state index in [0.29, 0.717) is 17.0 Å². The van der Waals surface area contributed by atoms with Gasteiger partial charge < -0.3 is 14.8 Å². The minimum Gasteiger partial charge on any atom is -0.495 e. The number of ether oxygens (including phenoxy) is 2. The van der Waals surface area contributed by atoms with Crippen LogP contribution in [0.5, 0.6) is 5.75 Å². The number of benzene rings is 3. The predicted octanol–water partition coefficient (Wildman–Crippen LogP) is 4.13. The topological polar surface area (TPSA) is 111 Å². The maximum Gasteiger partial charge on any atom is 0.338 e. The molecule has 3 aromatic carbocycles. The Morgan fingerprint density at radius 3 is 2.35 bits per heavy atom. The first kappa shape index (κ1) is 24.7. The maximum atomic E-state index is 13.1. The van der Waals surface area contributed by atoms with Crippen molar-refractivity contribution in [2.24, 2.45) is 0 Å². The van der Waals surface area contributed by atoms with E-state index in [1.807, 2.05) is 0 Å². The summed E-state index contributed by atoms with van der Waals surface area (Å²) < 4.78 is 51.5. The van der Waals surface area contributed by atoms with E-state index in [1.165, 1.54) is 38.3 Å². The number of para-hydroxylation sites is 2. The van der Waals surface area contributed by atoms with Crippen LogP contribution in [-0.2, 0) is 19.6 Å². The Labute approximate surface area is 196 Å². The Bertz CT molecular complexity index is 1310. The number of esters is 1. The highest BCUT2D eigenvalue weighted by Crippen LogP contribution is 2.24. The molecule has 8 nitrogen and oxygen atoms in total. The summed E-state index contributed by atoms with van der Waals surface area (Å²) in [7, 11) is -2.62. The zero-order chi connectivity index (χ0) is 24.9. The molecule has 0 fully saturated rings. The van der Waals surface area contributed by atoms with Crippen LogP contribution in [0.4, 0.5) is 15.8 Å². The second-order valence-corrected chi connectivity index (χ2v) is 8.98.